The Balaban J connectivity index is 1.96. The maximum absolute atomic E-state index is 11.6. The van der Waals surface area contributed by atoms with E-state index in [9.17, 15) is 4.79 Å². The summed E-state index contributed by atoms with van der Waals surface area (Å²) in [6.07, 6.45) is 5.01. The van der Waals surface area contributed by atoms with E-state index in [2.05, 4.69) is 36.5 Å². The van der Waals surface area contributed by atoms with Crippen LogP contribution in [0.1, 0.15) is 12.8 Å². The van der Waals surface area contributed by atoms with E-state index in [1.165, 1.54) is 6.20 Å². The number of hydrogen-bond acceptors (Lipinski definition) is 4. The molecule has 80 valence electrons. The van der Waals surface area contributed by atoms with Gasteiger partial charge in [-0.05, 0) is 35.3 Å². The molecule has 15 heavy (non-hydrogen) atoms. The van der Waals surface area contributed by atoms with Crippen LogP contribution >= 0.6 is 15.9 Å². The first-order chi connectivity index (χ1) is 7.25. The molecule has 0 bridgehead atoms. The molecule has 1 aliphatic rings. The highest BCUT2D eigenvalue weighted by Crippen LogP contribution is 2.09. The summed E-state index contributed by atoms with van der Waals surface area (Å²) in [5, 5.41) is 5.83. The van der Waals surface area contributed by atoms with E-state index < -0.39 is 0 Å². The summed E-state index contributed by atoms with van der Waals surface area (Å²) < 4.78 is 0.652. The van der Waals surface area contributed by atoms with Gasteiger partial charge < -0.3 is 10.6 Å². The van der Waals surface area contributed by atoms with Gasteiger partial charge in [-0.1, -0.05) is 0 Å². The number of hydrogen-bond donors (Lipinski definition) is 2. The highest BCUT2D eigenvalue weighted by Gasteiger charge is 2.22. The molecule has 0 saturated carbocycles. The third-order valence-corrected chi connectivity index (χ3v) is 2.66. The third-order valence-electron chi connectivity index (χ3n) is 2.25. The SMILES string of the molecule is O=C(Nc1cnc(Br)cn1)[C@@H]1CCCN1. The van der Waals surface area contributed by atoms with Crippen LogP contribution in [0.15, 0.2) is 17.0 Å². The normalized spacial score (nSPS) is 20.2. The average molecular weight is 271 g/mol. The van der Waals surface area contributed by atoms with Crippen molar-refractivity contribution in [2.24, 2.45) is 0 Å². The summed E-state index contributed by atoms with van der Waals surface area (Å²) >= 11 is 3.18. The van der Waals surface area contributed by atoms with Crippen molar-refractivity contribution in [2.45, 2.75) is 18.9 Å². The second-order valence-corrected chi connectivity index (χ2v) is 4.18. The molecule has 0 aromatic carbocycles. The van der Waals surface area contributed by atoms with Gasteiger partial charge in [-0.25, -0.2) is 9.97 Å². The summed E-state index contributed by atoms with van der Waals surface area (Å²) in [6, 6.07) is -0.0875. The van der Waals surface area contributed by atoms with E-state index in [1.54, 1.807) is 6.20 Å². The van der Waals surface area contributed by atoms with Crippen LogP contribution in [0, 0.1) is 0 Å². The first-order valence-electron chi connectivity index (χ1n) is 4.77. The van der Waals surface area contributed by atoms with E-state index >= 15 is 0 Å². The van der Waals surface area contributed by atoms with E-state index in [4.69, 9.17) is 0 Å². The minimum Gasteiger partial charge on any atom is -0.308 e. The van der Waals surface area contributed by atoms with Crippen molar-refractivity contribution in [1.82, 2.24) is 15.3 Å². The standard InChI is InChI=1S/C9H11BrN4O/c10-7-4-13-8(5-12-7)14-9(15)6-2-1-3-11-6/h4-6,11H,1-3H2,(H,13,14,15)/t6-/m0/s1. The molecule has 6 heteroatoms. The number of amides is 1. The Kier molecular flexibility index (Phi) is 3.27. The van der Waals surface area contributed by atoms with Crippen LogP contribution < -0.4 is 10.6 Å². The highest BCUT2D eigenvalue weighted by molar-refractivity contribution is 9.10. The quantitative estimate of drug-likeness (QED) is 0.839. The Morgan fingerprint density at radius 3 is 3.00 bits per heavy atom. The minimum atomic E-state index is -0.0875. The molecule has 0 unspecified atom stereocenters. The molecule has 1 aromatic heterocycles. The largest absolute Gasteiger partial charge is 0.308 e. The monoisotopic (exact) mass is 270 g/mol. The van der Waals surface area contributed by atoms with Gasteiger partial charge in [0.1, 0.15) is 4.60 Å². The zero-order chi connectivity index (χ0) is 10.7. The number of nitrogens with one attached hydrogen (secondary N) is 2. The van der Waals surface area contributed by atoms with E-state index in [0.29, 0.717) is 10.4 Å². The summed E-state index contributed by atoms with van der Waals surface area (Å²) in [6.45, 7) is 0.907. The number of carbonyl (C=O) groups is 1. The Morgan fingerprint density at radius 1 is 1.53 bits per heavy atom. The van der Waals surface area contributed by atoms with Gasteiger partial charge in [-0.3, -0.25) is 4.79 Å². The number of halogens is 1. The number of anilines is 1. The number of aromatic nitrogens is 2. The topological polar surface area (TPSA) is 66.9 Å². The van der Waals surface area contributed by atoms with Gasteiger partial charge in [0, 0.05) is 0 Å². The molecule has 1 saturated heterocycles. The number of carbonyl (C=O) groups excluding carboxylic acids is 1. The fourth-order valence-electron chi connectivity index (χ4n) is 1.50. The van der Waals surface area contributed by atoms with Crippen LogP contribution in [0.5, 0.6) is 0 Å². The molecular weight excluding hydrogens is 260 g/mol. The zero-order valence-corrected chi connectivity index (χ0v) is 9.62. The fourth-order valence-corrected chi connectivity index (χ4v) is 1.70. The van der Waals surface area contributed by atoms with Crippen LogP contribution in [0.25, 0.3) is 0 Å². The van der Waals surface area contributed by atoms with Gasteiger partial charge in [-0.2, -0.15) is 0 Å². The minimum absolute atomic E-state index is 0.0378. The maximum Gasteiger partial charge on any atom is 0.242 e. The molecule has 1 aliphatic heterocycles. The molecule has 1 fully saturated rings. The van der Waals surface area contributed by atoms with Crippen LogP contribution in [0.4, 0.5) is 5.82 Å². The average Bonchev–Trinajstić information content (AvgIpc) is 2.74. The predicted molar refractivity (Wildman–Crippen MR) is 59.4 cm³/mol. The molecule has 0 spiro atoms. The van der Waals surface area contributed by atoms with Crippen LogP contribution in [-0.2, 0) is 4.79 Å². The molecule has 2 heterocycles. The Morgan fingerprint density at radius 2 is 2.40 bits per heavy atom. The van der Waals surface area contributed by atoms with Crippen molar-refractivity contribution >= 4 is 27.7 Å². The van der Waals surface area contributed by atoms with Gasteiger partial charge in [0.2, 0.25) is 5.91 Å². The number of rotatable bonds is 2. The van der Waals surface area contributed by atoms with Crippen molar-refractivity contribution < 1.29 is 4.79 Å². The smallest absolute Gasteiger partial charge is 0.242 e. The lowest BCUT2D eigenvalue weighted by atomic mass is 10.2. The highest BCUT2D eigenvalue weighted by atomic mass is 79.9. The molecular formula is C9H11BrN4O. The van der Waals surface area contributed by atoms with Gasteiger partial charge in [-0.15, -0.1) is 0 Å². The van der Waals surface area contributed by atoms with Crippen molar-refractivity contribution in [3.63, 3.8) is 0 Å². The maximum atomic E-state index is 11.6. The van der Waals surface area contributed by atoms with E-state index in [0.717, 1.165) is 19.4 Å². The van der Waals surface area contributed by atoms with Gasteiger partial charge in [0.25, 0.3) is 0 Å². The van der Waals surface area contributed by atoms with Crippen LogP contribution in [-0.4, -0.2) is 28.5 Å². The Labute approximate surface area is 95.8 Å². The van der Waals surface area contributed by atoms with Gasteiger partial charge >= 0.3 is 0 Å². The van der Waals surface area contributed by atoms with Crippen molar-refractivity contribution in [3.8, 4) is 0 Å². The molecule has 0 aliphatic carbocycles. The Bertz CT molecular complexity index is 348. The molecule has 5 nitrogen and oxygen atoms in total. The van der Waals surface area contributed by atoms with Crippen molar-refractivity contribution in [2.75, 3.05) is 11.9 Å². The molecule has 2 rings (SSSR count). The van der Waals surface area contributed by atoms with E-state index in [-0.39, 0.29) is 11.9 Å². The zero-order valence-electron chi connectivity index (χ0n) is 8.03. The molecule has 1 aromatic rings. The lowest BCUT2D eigenvalue weighted by Crippen LogP contribution is -2.35. The molecule has 1 atom stereocenters. The first kappa shape index (κ1) is 10.5. The first-order valence-corrected chi connectivity index (χ1v) is 5.57. The van der Waals surface area contributed by atoms with Gasteiger partial charge in [0.15, 0.2) is 5.82 Å². The van der Waals surface area contributed by atoms with E-state index in [1.807, 2.05) is 0 Å². The van der Waals surface area contributed by atoms with Crippen LogP contribution in [0.3, 0.4) is 0 Å². The van der Waals surface area contributed by atoms with Crippen LogP contribution in [0.2, 0.25) is 0 Å². The molecule has 0 radical (unpaired) electrons. The predicted octanol–water partition coefficient (Wildman–Crippen LogP) is 0.930. The number of nitrogens with zero attached hydrogens (tertiary/aromatic N) is 2. The fraction of sp³-hybridized carbons (Fsp3) is 0.444. The van der Waals surface area contributed by atoms with Gasteiger partial charge in [0.05, 0.1) is 18.4 Å². The summed E-state index contributed by atoms with van der Waals surface area (Å²) in [7, 11) is 0. The van der Waals surface area contributed by atoms with Crippen molar-refractivity contribution in [1.29, 1.82) is 0 Å². The second kappa shape index (κ2) is 4.67. The summed E-state index contributed by atoms with van der Waals surface area (Å²) in [5.74, 6) is 0.445. The molecule has 2 N–H and O–H groups in total. The Hall–Kier alpha value is -1.01. The summed E-state index contributed by atoms with van der Waals surface area (Å²) in [4.78, 5) is 19.6. The van der Waals surface area contributed by atoms with Crippen molar-refractivity contribution in [3.05, 3.63) is 17.0 Å². The molecule has 1 amide bonds. The lowest BCUT2D eigenvalue weighted by Gasteiger charge is -2.09. The third kappa shape index (κ3) is 2.73. The summed E-state index contributed by atoms with van der Waals surface area (Å²) in [5.41, 5.74) is 0. The second-order valence-electron chi connectivity index (χ2n) is 3.36. The lowest BCUT2D eigenvalue weighted by molar-refractivity contribution is -0.117.